The quantitative estimate of drug-likeness (QED) is 0.807. The van der Waals surface area contributed by atoms with Gasteiger partial charge in [-0.3, -0.25) is 4.90 Å². The molecule has 21 heavy (non-hydrogen) atoms. The van der Waals surface area contributed by atoms with Gasteiger partial charge in [-0.2, -0.15) is 0 Å². The van der Waals surface area contributed by atoms with Crippen LogP contribution in [0.15, 0.2) is 30.3 Å². The van der Waals surface area contributed by atoms with E-state index in [9.17, 15) is 0 Å². The first-order valence-corrected chi connectivity index (χ1v) is 8.69. The summed E-state index contributed by atoms with van der Waals surface area (Å²) in [5, 5.41) is 3.78. The summed E-state index contributed by atoms with van der Waals surface area (Å²) in [5.41, 5.74) is 1.42. The van der Waals surface area contributed by atoms with Gasteiger partial charge in [-0.1, -0.05) is 51.1 Å². The predicted octanol–water partition coefficient (Wildman–Crippen LogP) is 4.24. The molecule has 0 spiro atoms. The van der Waals surface area contributed by atoms with Gasteiger partial charge in [0.15, 0.2) is 0 Å². The number of nitrogens with one attached hydrogen (secondary N) is 1. The Labute approximate surface area is 130 Å². The van der Waals surface area contributed by atoms with Crippen LogP contribution in [0.5, 0.6) is 0 Å². The van der Waals surface area contributed by atoms with Crippen molar-refractivity contribution in [3.05, 3.63) is 35.9 Å². The molecular weight excluding hydrogens is 256 g/mol. The fraction of sp³-hybridized carbons (Fsp3) is 0.684. The maximum Gasteiger partial charge on any atom is 0.0475 e. The second-order valence-corrected chi connectivity index (χ2v) is 6.77. The van der Waals surface area contributed by atoms with Crippen molar-refractivity contribution in [1.29, 1.82) is 0 Å². The number of rotatable bonds is 7. The average molecular weight is 288 g/mol. The zero-order chi connectivity index (χ0) is 15.2. The van der Waals surface area contributed by atoms with Crippen molar-refractivity contribution in [3.63, 3.8) is 0 Å². The largest absolute Gasteiger partial charge is 0.309 e. The van der Waals surface area contributed by atoms with E-state index in [-0.39, 0.29) is 0 Å². The fourth-order valence-electron chi connectivity index (χ4n) is 3.76. The topological polar surface area (TPSA) is 15.3 Å². The molecular formula is C19H32N2. The highest BCUT2D eigenvalue weighted by Crippen LogP contribution is 2.31. The molecule has 1 heterocycles. The number of benzene rings is 1. The molecule has 1 fully saturated rings. The maximum absolute atomic E-state index is 3.78. The molecule has 0 bridgehead atoms. The van der Waals surface area contributed by atoms with Crippen molar-refractivity contribution in [1.82, 2.24) is 10.2 Å². The maximum atomic E-state index is 3.78. The van der Waals surface area contributed by atoms with Crippen molar-refractivity contribution in [2.45, 2.75) is 65.1 Å². The van der Waals surface area contributed by atoms with E-state index in [0.29, 0.717) is 12.1 Å². The van der Waals surface area contributed by atoms with Gasteiger partial charge < -0.3 is 5.32 Å². The Morgan fingerprint density at radius 2 is 1.90 bits per heavy atom. The van der Waals surface area contributed by atoms with Crippen LogP contribution in [0, 0.1) is 5.92 Å². The summed E-state index contributed by atoms with van der Waals surface area (Å²) < 4.78 is 0. The van der Waals surface area contributed by atoms with Crippen molar-refractivity contribution < 1.29 is 0 Å². The zero-order valence-corrected chi connectivity index (χ0v) is 14.2. The smallest absolute Gasteiger partial charge is 0.0475 e. The van der Waals surface area contributed by atoms with Crippen LogP contribution in [0.25, 0.3) is 0 Å². The lowest BCUT2D eigenvalue weighted by Crippen LogP contribution is -2.47. The highest BCUT2D eigenvalue weighted by atomic mass is 15.2. The summed E-state index contributed by atoms with van der Waals surface area (Å²) in [6.07, 6.45) is 3.89. The molecule has 1 aromatic carbocycles. The molecule has 1 aromatic rings. The lowest BCUT2D eigenvalue weighted by atomic mass is 9.95. The third-order valence-corrected chi connectivity index (χ3v) is 4.89. The monoisotopic (exact) mass is 288 g/mol. The summed E-state index contributed by atoms with van der Waals surface area (Å²) in [5.74, 6) is 0.748. The Balaban J connectivity index is 2.15. The van der Waals surface area contributed by atoms with Crippen LogP contribution < -0.4 is 5.32 Å². The number of hydrogen-bond donors (Lipinski definition) is 1. The third-order valence-electron chi connectivity index (χ3n) is 4.89. The Kier molecular flexibility index (Phi) is 6.25. The van der Waals surface area contributed by atoms with Gasteiger partial charge in [-0.15, -0.1) is 0 Å². The molecule has 2 nitrogen and oxygen atoms in total. The van der Waals surface area contributed by atoms with Crippen molar-refractivity contribution in [3.8, 4) is 0 Å². The van der Waals surface area contributed by atoms with Gasteiger partial charge in [-0.05, 0) is 50.8 Å². The fourth-order valence-corrected chi connectivity index (χ4v) is 3.76. The normalized spacial score (nSPS) is 22.6. The van der Waals surface area contributed by atoms with Crippen LogP contribution >= 0.6 is 0 Å². The van der Waals surface area contributed by atoms with E-state index in [2.05, 4.69) is 68.2 Å². The van der Waals surface area contributed by atoms with Gasteiger partial charge in [0.05, 0.1) is 0 Å². The van der Waals surface area contributed by atoms with Gasteiger partial charge in [0, 0.05) is 18.1 Å². The van der Waals surface area contributed by atoms with Crippen LogP contribution in [-0.2, 0) is 0 Å². The first-order valence-electron chi connectivity index (χ1n) is 8.69. The molecule has 3 unspecified atom stereocenters. The van der Waals surface area contributed by atoms with Gasteiger partial charge in [0.25, 0.3) is 0 Å². The minimum atomic E-state index is 0.436. The highest BCUT2D eigenvalue weighted by Gasteiger charge is 2.34. The minimum Gasteiger partial charge on any atom is -0.309 e. The first-order chi connectivity index (χ1) is 10.1. The van der Waals surface area contributed by atoms with Gasteiger partial charge in [-0.25, -0.2) is 0 Å². The molecule has 3 atom stereocenters. The highest BCUT2D eigenvalue weighted by molar-refractivity contribution is 5.20. The van der Waals surface area contributed by atoms with E-state index >= 15 is 0 Å². The lowest BCUT2D eigenvalue weighted by Gasteiger charge is -2.38. The van der Waals surface area contributed by atoms with Crippen molar-refractivity contribution in [2.75, 3.05) is 13.1 Å². The molecule has 0 saturated carbocycles. The van der Waals surface area contributed by atoms with Crippen molar-refractivity contribution >= 4 is 0 Å². The second kappa shape index (κ2) is 7.95. The summed E-state index contributed by atoms with van der Waals surface area (Å²) in [6, 6.07) is 12.7. The van der Waals surface area contributed by atoms with Crippen molar-refractivity contribution in [2.24, 2.45) is 5.92 Å². The Hall–Kier alpha value is -0.860. The second-order valence-electron chi connectivity index (χ2n) is 6.77. The van der Waals surface area contributed by atoms with E-state index in [1.165, 1.54) is 31.4 Å². The van der Waals surface area contributed by atoms with Crippen LogP contribution in [0.4, 0.5) is 0 Å². The van der Waals surface area contributed by atoms with Crippen LogP contribution in [0.3, 0.4) is 0 Å². The molecule has 1 saturated heterocycles. The van der Waals surface area contributed by atoms with Gasteiger partial charge in [0.2, 0.25) is 0 Å². The van der Waals surface area contributed by atoms with Gasteiger partial charge in [0.1, 0.15) is 0 Å². The summed E-state index contributed by atoms with van der Waals surface area (Å²) in [7, 11) is 0. The molecule has 0 amide bonds. The summed E-state index contributed by atoms with van der Waals surface area (Å²) >= 11 is 0. The van der Waals surface area contributed by atoms with Crippen LogP contribution in [0.1, 0.15) is 58.6 Å². The van der Waals surface area contributed by atoms with E-state index in [4.69, 9.17) is 0 Å². The van der Waals surface area contributed by atoms with E-state index < -0.39 is 0 Å². The first kappa shape index (κ1) is 16.5. The standard InChI is InChI=1S/C19H32N2/c1-5-13-20-19(17-10-7-6-8-11-17)16(4)21-14-9-12-18(21)15(2)3/h6-8,10-11,15-16,18-20H,5,9,12-14H2,1-4H3. The minimum absolute atomic E-state index is 0.436. The Morgan fingerprint density at radius 1 is 1.19 bits per heavy atom. The molecule has 0 aliphatic carbocycles. The summed E-state index contributed by atoms with van der Waals surface area (Å²) in [4.78, 5) is 2.74. The van der Waals surface area contributed by atoms with Gasteiger partial charge >= 0.3 is 0 Å². The van der Waals surface area contributed by atoms with Crippen LogP contribution in [-0.4, -0.2) is 30.1 Å². The number of hydrogen-bond acceptors (Lipinski definition) is 2. The van der Waals surface area contributed by atoms with E-state index in [1.807, 2.05) is 0 Å². The third kappa shape index (κ3) is 4.08. The molecule has 2 rings (SSSR count). The Bertz CT molecular complexity index is 401. The molecule has 1 aliphatic rings. The van der Waals surface area contributed by atoms with Crippen LogP contribution in [0.2, 0.25) is 0 Å². The predicted molar refractivity (Wildman–Crippen MR) is 91.5 cm³/mol. The number of nitrogens with zero attached hydrogens (tertiary/aromatic N) is 1. The van der Waals surface area contributed by atoms with E-state index in [0.717, 1.165) is 18.5 Å². The Morgan fingerprint density at radius 3 is 2.52 bits per heavy atom. The molecule has 0 radical (unpaired) electrons. The molecule has 118 valence electrons. The lowest BCUT2D eigenvalue weighted by molar-refractivity contribution is 0.126. The SMILES string of the molecule is CCCNC(c1ccccc1)C(C)N1CCCC1C(C)C. The van der Waals surface area contributed by atoms with E-state index in [1.54, 1.807) is 0 Å². The summed E-state index contributed by atoms with van der Waals surface area (Å²) in [6.45, 7) is 11.7. The average Bonchev–Trinajstić information content (AvgIpc) is 2.98. The molecule has 1 N–H and O–H groups in total. The number of likely N-dealkylation sites (tertiary alicyclic amines) is 1. The molecule has 2 heteroatoms. The molecule has 0 aromatic heterocycles. The zero-order valence-electron chi connectivity index (χ0n) is 14.2. The molecule has 1 aliphatic heterocycles.